The van der Waals surface area contributed by atoms with Gasteiger partial charge in [0.05, 0.1) is 5.71 Å². The second-order valence-corrected chi connectivity index (χ2v) is 7.20. The number of phenolic OH excluding ortho intramolecular Hbond substituents is 2. The summed E-state index contributed by atoms with van der Waals surface area (Å²) in [7, 11) is 1.59. The van der Waals surface area contributed by atoms with Gasteiger partial charge >= 0.3 is 0 Å². The van der Waals surface area contributed by atoms with Crippen LogP contribution in [0.4, 0.5) is 0 Å². The van der Waals surface area contributed by atoms with E-state index >= 15 is 0 Å². The molecule has 2 aliphatic carbocycles. The Labute approximate surface area is 153 Å². The molecule has 0 radical (unpaired) electrons. The van der Waals surface area contributed by atoms with Crippen LogP contribution in [0.15, 0.2) is 59.3 Å². The molecule has 0 saturated heterocycles. The lowest BCUT2D eigenvalue weighted by Gasteiger charge is -2.44. The number of allylic oxidation sites excluding steroid dienone is 2. The molecule has 0 saturated carbocycles. The summed E-state index contributed by atoms with van der Waals surface area (Å²) in [5.74, 6) is 0.613. The number of oxime groups is 1. The summed E-state index contributed by atoms with van der Waals surface area (Å²) in [4.78, 5) is 4.99. The zero-order chi connectivity index (χ0) is 18.1. The first-order valence-electron chi connectivity index (χ1n) is 9.02. The molecule has 0 heterocycles. The molecule has 2 N–H and O–H groups in total. The Kier molecular flexibility index (Phi) is 4.19. The highest BCUT2D eigenvalue weighted by molar-refractivity contribution is 5.97. The van der Waals surface area contributed by atoms with E-state index in [-0.39, 0.29) is 11.2 Å². The van der Waals surface area contributed by atoms with Crippen LogP contribution in [0.2, 0.25) is 0 Å². The minimum Gasteiger partial charge on any atom is -0.508 e. The van der Waals surface area contributed by atoms with Crippen molar-refractivity contribution in [2.75, 3.05) is 7.11 Å². The molecule has 2 aromatic rings. The average molecular weight is 349 g/mol. The van der Waals surface area contributed by atoms with Crippen LogP contribution in [0.3, 0.4) is 0 Å². The summed E-state index contributed by atoms with van der Waals surface area (Å²) in [6.45, 7) is 0. The van der Waals surface area contributed by atoms with E-state index < -0.39 is 0 Å². The van der Waals surface area contributed by atoms with Crippen molar-refractivity contribution in [2.45, 2.75) is 37.5 Å². The molecule has 0 fully saturated rings. The number of fused-ring (bicyclic) bond motifs is 3. The van der Waals surface area contributed by atoms with Gasteiger partial charge in [-0.25, -0.2) is 0 Å². The molecule has 1 unspecified atom stereocenters. The van der Waals surface area contributed by atoms with E-state index in [4.69, 9.17) is 4.84 Å². The number of aromatic hydroxyl groups is 2. The number of nitrogens with zero attached hydrogens (tertiary/aromatic N) is 1. The summed E-state index contributed by atoms with van der Waals surface area (Å²) in [6, 6.07) is 13.3. The third-order valence-electron chi connectivity index (χ3n) is 5.68. The van der Waals surface area contributed by atoms with Gasteiger partial charge in [-0.3, -0.25) is 0 Å². The largest absolute Gasteiger partial charge is 0.508 e. The summed E-state index contributed by atoms with van der Waals surface area (Å²) >= 11 is 0. The third-order valence-corrected chi connectivity index (χ3v) is 5.68. The van der Waals surface area contributed by atoms with Gasteiger partial charge in [-0.15, -0.1) is 0 Å². The average Bonchev–Trinajstić information content (AvgIpc) is 2.64. The second-order valence-electron chi connectivity index (χ2n) is 7.20. The van der Waals surface area contributed by atoms with Crippen LogP contribution in [0.25, 0.3) is 0 Å². The van der Waals surface area contributed by atoms with Crippen molar-refractivity contribution in [1.82, 2.24) is 0 Å². The lowest BCUT2D eigenvalue weighted by molar-refractivity contribution is 0.212. The van der Waals surface area contributed by atoms with Gasteiger partial charge in [0.2, 0.25) is 0 Å². The molecule has 0 bridgehead atoms. The molecule has 0 spiro atoms. The molecule has 4 heteroatoms. The number of hydrogen-bond donors (Lipinski definition) is 2. The van der Waals surface area contributed by atoms with Crippen molar-refractivity contribution < 1.29 is 15.1 Å². The summed E-state index contributed by atoms with van der Waals surface area (Å²) in [6.07, 6.45) is 6.76. The molecule has 2 aromatic carbocycles. The van der Waals surface area contributed by atoms with Crippen LogP contribution in [-0.2, 0) is 23.1 Å². The molecule has 0 amide bonds. The van der Waals surface area contributed by atoms with Gasteiger partial charge < -0.3 is 15.1 Å². The highest BCUT2D eigenvalue weighted by atomic mass is 16.6. The van der Waals surface area contributed by atoms with Crippen molar-refractivity contribution in [3.8, 4) is 11.5 Å². The van der Waals surface area contributed by atoms with E-state index in [1.165, 1.54) is 22.3 Å². The molecule has 0 aliphatic heterocycles. The number of hydrogen-bond acceptors (Lipinski definition) is 4. The highest BCUT2D eigenvalue weighted by Crippen LogP contribution is 2.49. The maximum atomic E-state index is 9.92. The summed E-state index contributed by atoms with van der Waals surface area (Å²) in [5.41, 5.74) is 6.01. The fraction of sp³-hybridized carbons (Fsp3) is 0.318. The van der Waals surface area contributed by atoms with E-state index in [0.29, 0.717) is 5.75 Å². The Bertz CT molecular complexity index is 883. The van der Waals surface area contributed by atoms with E-state index in [1.807, 2.05) is 18.2 Å². The molecular weight excluding hydrogens is 326 g/mol. The second kappa shape index (κ2) is 6.52. The van der Waals surface area contributed by atoms with Gasteiger partial charge in [0.15, 0.2) is 0 Å². The van der Waals surface area contributed by atoms with Crippen LogP contribution in [0.5, 0.6) is 11.5 Å². The monoisotopic (exact) mass is 349 g/mol. The predicted molar refractivity (Wildman–Crippen MR) is 102 cm³/mol. The number of rotatable bonds is 3. The van der Waals surface area contributed by atoms with Crippen molar-refractivity contribution in [1.29, 1.82) is 0 Å². The van der Waals surface area contributed by atoms with Gasteiger partial charge in [-0.05, 0) is 79.1 Å². The molecule has 0 aromatic heterocycles. The zero-order valence-corrected chi connectivity index (χ0v) is 14.9. The van der Waals surface area contributed by atoms with Gasteiger partial charge in [0.1, 0.15) is 18.6 Å². The number of phenols is 2. The molecule has 26 heavy (non-hydrogen) atoms. The van der Waals surface area contributed by atoms with Crippen molar-refractivity contribution in [3.63, 3.8) is 0 Å². The minimum absolute atomic E-state index is 0.0922. The smallest absolute Gasteiger partial charge is 0.115 e. The number of benzene rings is 2. The molecule has 134 valence electrons. The number of aryl methyl sites for hydroxylation is 1. The third kappa shape index (κ3) is 2.85. The first kappa shape index (κ1) is 16.7. The van der Waals surface area contributed by atoms with Gasteiger partial charge in [-0.2, -0.15) is 0 Å². The van der Waals surface area contributed by atoms with Crippen molar-refractivity contribution in [2.24, 2.45) is 5.16 Å². The van der Waals surface area contributed by atoms with Gasteiger partial charge in [-0.1, -0.05) is 28.9 Å². The van der Waals surface area contributed by atoms with E-state index in [2.05, 4.69) is 17.3 Å². The molecule has 4 rings (SSSR count). The highest BCUT2D eigenvalue weighted by Gasteiger charge is 2.42. The molecule has 2 aliphatic rings. The Morgan fingerprint density at radius 3 is 2.54 bits per heavy atom. The summed E-state index contributed by atoms with van der Waals surface area (Å²) in [5, 5.41) is 23.7. The fourth-order valence-electron chi connectivity index (χ4n) is 4.50. The Morgan fingerprint density at radius 2 is 1.77 bits per heavy atom. The molecule has 1 atom stereocenters. The Hall–Kier alpha value is -2.75. The minimum atomic E-state index is -0.0922. The molecule has 4 nitrogen and oxygen atoms in total. The van der Waals surface area contributed by atoms with Crippen LogP contribution in [0, 0.1) is 0 Å². The quantitative estimate of drug-likeness (QED) is 0.815. The van der Waals surface area contributed by atoms with E-state index in [0.717, 1.165) is 37.8 Å². The first-order valence-corrected chi connectivity index (χ1v) is 9.02. The maximum Gasteiger partial charge on any atom is 0.115 e. The standard InChI is InChI=1S/C22H23NO3/c1-26-23-18-10-11-22(14-15-2-6-19(24)7-3-15)17(13-18)5-4-16-12-20(25)8-9-21(16)22/h2-3,6-9,12-13,24-25H,4-5,10-11,14H2,1H3. The normalized spacial score (nSPS) is 23.1. The van der Waals surface area contributed by atoms with E-state index in [1.54, 1.807) is 25.3 Å². The van der Waals surface area contributed by atoms with Crippen molar-refractivity contribution in [3.05, 3.63) is 70.8 Å². The van der Waals surface area contributed by atoms with Crippen molar-refractivity contribution >= 4 is 5.71 Å². The topological polar surface area (TPSA) is 62.0 Å². The Balaban J connectivity index is 1.83. The van der Waals surface area contributed by atoms with Crippen LogP contribution < -0.4 is 0 Å². The maximum absolute atomic E-state index is 9.92. The summed E-state index contributed by atoms with van der Waals surface area (Å²) < 4.78 is 0. The first-order chi connectivity index (χ1) is 12.6. The lowest BCUT2D eigenvalue weighted by Crippen LogP contribution is -2.39. The zero-order valence-electron chi connectivity index (χ0n) is 14.9. The van der Waals surface area contributed by atoms with Crippen LogP contribution in [0.1, 0.15) is 36.0 Å². The fourth-order valence-corrected chi connectivity index (χ4v) is 4.50. The van der Waals surface area contributed by atoms with Crippen LogP contribution in [-0.4, -0.2) is 23.0 Å². The Morgan fingerprint density at radius 1 is 1.00 bits per heavy atom. The van der Waals surface area contributed by atoms with Crippen LogP contribution >= 0.6 is 0 Å². The van der Waals surface area contributed by atoms with Gasteiger partial charge in [0, 0.05) is 5.41 Å². The SMILES string of the molecule is CON=C1C=C2CCc3cc(O)ccc3C2(Cc2ccc(O)cc2)CC1. The van der Waals surface area contributed by atoms with Gasteiger partial charge in [0.25, 0.3) is 0 Å². The van der Waals surface area contributed by atoms with E-state index in [9.17, 15) is 10.2 Å². The molecular formula is C22H23NO3. The lowest BCUT2D eigenvalue weighted by atomic mass is 9.59. The predicted octanol–water partition coefficient (Wildman–Crippen LogP) is 4.25.